The molecular weight excluding hydrogens is 480 g/mol. The van der Waals surface area contributed by atoms with Gasteiger partial charge in [0, 0.05) is 23.2 Å². The van der Waals surface area contributed by atoms with Crippen molar-refractivity contribution in [3.05, 3.63) is 58.6 Å². The zero-order chi connectivity index (χ0) is 24.1. The summed E-state index contributed by atoms with van der Waals surface area (Å²) in [5.41, 5.74) is -1.62. The van der Waals surface area contributed by atoms with Crippen LogP contribution in [0.1, 0.15) is 29.6 Å². The van der Waals surface area contributed by atoms with Gasteiger partial charge in [-0.05, 0) is 55.5 Å². The average Bonchev–Trinajstić information content (AvgIpc) is 2.89. The smallest absolute Gasteiger partial charge is 0.255 e. The maximum absolute atomic E-state index is 13.4. The standard InChI is InChI=1S/C22H22ClF2NO6S/c23-16-3-1-11(21(29)26-13-2-4-17(24)18(25)8-13)5-20(16)33(31,32)14-6-12-7-19(28)15(9-14)22(12,30)10-27/h1-5,8,12,14-15,19,27-28,30H,6-7,9-10H2,(H,26,29)/t12?,14?,15?,19?,22-/m1/s1. The van der Waals surface area contributed by atoms with E-state index in [2.05, 4.69) is 5.32 Å². The molecule has 2 aliphatic carbocycles. The van der Waals surface area contributed by atoms with E-state index in [1.165, 1.54) is 12.1 Å². The lowest BCUT2D eigenvalue weighted by molar-refractivity contribution is -0.106. The Balaban J connectivity index is 1.61. The normalized spacial score (nSPS) is 29.2. The van der Waals surface area contributed by atoms with Crippen LogP contribution in [0.3, 0.4) is 0 Å². The first-order chi connectivity index (χ1) is 15.5. The fraction of sp³-hybridized carbons (Fsp3) is 0.409. The third-order valence-corrected chi connectivity index (χ3v) is 9.43. The summed E-state index contributed by atoms with van der Waals surface area (Å²) in [5.74, 6) is -4.38. The number of halogens is 3. The van der Waals surface area contributed by atoms with Crippen LogP contribution in [0.15, 0.2) is 41.3 Å². The van der Waals surface area contributed by atoms with E-state index >= 15 is 0 Å². The molecule has 2 bridgehead atoms. The van der Waals surface area contributed by atoms with E-state index in [9.17, 15) is 37.3 Å². The summed E-state index contributed by atoms with van der Waals surface area (Å²) in [5, 5.41) is 31.9. The van der Waals surface area contributed by atoms with Crippen LogP contribution in [0.4, 0.5) is 14.5 Å². The van der Waals surface area contributed by atoms with E-state index in [1.807, 2.05) is 0 Å². The van der Waals surface area contributed by atoms with Crippen molar-refractivity contribution in [2.45, 2.75) is 41.1 Å². The number of nitrogens with one attached hydrogen (secondary N) is 1. The highest BCUT2D eigenvalue weighted by atomic mass is 35.5. The van der Waals surface area contributed by atoms with Crippen LogP contribution in [-0.4, -0.2) is 53.2 Å². The fourth-order valence-electron chi connectivity index (χ4n) is 4.97. The van der Waals surface area contributed by atoms with Gasteiger partial charge in [0.1, 0.15) is 0 Å². The molecule has 0 aromatic heterocycles. The van der Waals surface area contributed by atoms with Gasteiger partial charge in [-0.1, -0.05) is 11.6 Å². The lowest BCUT2D eigenvalue weighted by atomic mass is 9.74. The number of rotatable bonds is 5. The molecule has 2 aliphatic rings. The maximum atomic E-state index is 13.4. The van der Waals surface area contributed by atoms with Gasteiger partial charge in [0.05, 0.1) is 33.5 Å². The first-order valence-electron chi connectivity index (χ1n) is 10.3. The molecule has 11 heteroatoms. The summed E-state index contributed by atoms with van der Waals surface area (Å²) in [6.07, 6.45) is -0.804. The number of hydrogen-bond acceptors (Lipinski definition) is 6. The molecule has 4 N–H and O–H groups in total. The summed E-state index contributed by atoms with van der Waals surface area (Å²) in [4.78, 5) is 12.3. The second-order valence-electron chi connectivity index (χ2n) is 8.62. The number of sulfone groups is 1. The molecule has 1 amide bonds. The first-order valence-corrected chi connectivity index (χ1v) is 12.2. The fourth-order valence-corrected chi connectivity index (χ4v) is 7.35. The van der Waals surface area contributed by atoms with Crippen molar-refractivity contribution in [2.75, 3.05) is 11.9 Å². The third-order valence-electron chi connectivity index (χ3n) is 6.77. The quantitative estimate of drug-likeness (QED) is 0.499. The maximum Gasteiger partial charge on any atom is 0.255 e. The van der Waals surface area contributed by atoms with Crippen molar-refractivity contribution in [3.8, 4) is 0 Å². The molecule has 4 unspecified atom stereocenters. The third kappa shape index (κ3) is 4.15. The predicted octanol–water partition coefficient (Wildman–Crippen LogP) is 2.53. The van der Waals surface area contributed by atoms with Gasteiger partial charge in [-0.15, -0.1) is 0 Å². The summed E-state index contributed by atoms with van der Waals surface area (Å²) in [6, 6.07) is 6.47. The molecule has 178 valence electrons. The molecule has 33 heavy (non-hydrogen) atoms. The minimum atomic E-state index is -4.07. The van der Waals surface area contributed by atoms with Gasteiger partial charge in [-0.3, -0.25) is 4.79 Å². The second-order valence-corrected chi connectivity index (χ2v) is 11.2. The van der Waals surface area contributed by atoms with Gasteiger partial charge in [0.25, 0.3) is 5.91 Å². The van der Waals surface area contributed by atoms with Crippen LogP contribution in [0, 0.1) is 23.5 Å². The molecular formula is C22H22ClF2NO6S. The highest BCUT2D eigenvalue weighted by molar-refractivity contribution is 7.92. The summed E-state index contributed by atoms with van der Waals surface area (Å²) in [6.45, 7) is -0.577. The molecule has 2 aromatic rings. The summed E-state index contributed by atoms with van der Waals surface area (Å²) >= 11 is 6.16. The Bertz CT molecular complexity index is 1210. The largest absolute Gasteiger partial charge is 0.393 e. The van der Waals surface area contributed by atoms with Gasteiger partial charge in [-0.2, -0.15) is 0 Å². The number of carbonyl (C=O) groups excluding carboxylic acids is 1. The van der Waals surface area contributed by atoms with Gasteiger partial charge >= 0.3 is 0 Å². The highest BCUT2D eigenvalue weighted by Gasteiger charge is 2.59. The van der Waals surface area contributed by atoms with Crippen LogP contribution < -0.4 is 5.32 Å². The predicted molar refractivity (Wildman–Crippen MR) is 116 cm³/mol. The Labute approximate surface area is 193 Å². The van der Waals surface area contributed by atoms with Crippen molar-refractivity contribution in [1.29, 1.82) is 0 Å². The van der Waals surface area contributed by atoms with Crippen molar-refractivity contribution in [2.24, 2.45) is 11.8 Å². The Morgan fingerprint density at radius 1 is 1.12 bits per heavy atom. The van der Waals surface area contributed by atoms with Crippen molar-refractivity contribution in [1.82, 2.24) is 0 Å². The number of benzene rings is 2. The van der Waals surface area contributed by atoms with Crippen LogP contribution in [-0.2, 0) is 9.84 Å². The molecule has 2 aromatic carbocycles. The number of carbonyl (C=O) groups is 1. The van der Waals surface area contributed by atoms with Gasteiger partial charge in [0.15, 0.2) is 21.5 Å². The second kappa shape index (κ2) is 8.59. The zero-order valence-corrected chi connectivity index (χ0v) is 18.8. The van der Waals surface area contributed by atoms with E-state index in [1.54, 1.807) is 0 Å². The minimum Gasteiger partial charge on any atom is -0.393 e. The zero-order valence-electron chi connectivity index (χ0n) is 17.2. The Kier molecular flexibility index (Phi) is 6.25. The van der Waals surface area contributed by atoms with Crippen LogP contribution in [0.5, 0.6) is 0 Å². The van der Waals surface area contributed by atoms with Crippen molar-refractivity contribution in [3.63, 3.8) is 0 Å². The first kappa shape index (κ1) is 24.0. The number of amides is 1. The molecule has 0 radical (unpaired) electrons. The molecule has 5 atom stereocenters. The molecule has 4 rings (SSSR count). The minimum absolute atomic E-state index is 0.0145. The molecule has 7 nitrogen and oxygen atoms in total. The molecule has 0 saturated heterocycles. The molecule has 0 aliphatic heterocycles. The van der Waals surface area contributed by atoms with Gasteiger partial charge in [-0.25, -0.2) is 17.2 Å². The summed E-state index contributed by atoms with van der Waals surface area (Å²) in [7, 11) is -4.07. The van der Waals surface area contributed by atoms with Crippen molar-refractivity contribution >= 4 is 33.0 Å². The molecule has 0 heterocycles. The van der Waals surface area contributed by atoms with E-state index in [0.717, 1.165) is 24.3 Å². The highest BCUT2D eigenvalue weighted by Crippen LogP contribution is 2.52. The van der Waals surface area contributed by atoms with E-state index in [0.29, 0.717) is 0 Å². The number of anilines is 1. The Morgan fingerprint density at radius 2 is 1.85 bits per heavy atom. The SMILES string of the molecule is O=C(Nc1ccc(F)c(F)c1)c1ccc(Cl)c(S(=O)(=O)C2CC3CC(O)C(C2)[C@@]3(O)CO)c1. The van der Waals surface area contributed by atoms with Crippen molar-refractivity contribution < 1.29 is 37.3 Å². The molecule has 2 fully saturated rings. The topological polar surface area (TPSA) is 124 Å². The lowest BCUT2D eigenvalue weighted by Crippen LogP contribution is -2.51. The number of aliphatic hydroxyl groups excluding tert-OH is 2. The lowest BCUT2D eigenvalue weighted by Gasteiger charge is -2.41. The van der Waals surface area contributed by atoms with E-state index < -0.39 is 62.8 Å². The summed E-state index contributed by atoms with van der Waals surface area (Å²) < 4.78 is 53.3. The van der Waals surface area contributed by atoms with E-state index in [4.69, 9.17) is 11.6 Å². The Morgan fingerprint density at radius 3 is 2.48 bits per heavy atom. The monoisotopic (exact) mass is 501 g/mol. The van der Waals surface area contributed by atoms with Crippen LogP contribution in [0.2, 0.25) is 5.02 Å². The van der Waals surface area contributed by atoms with Crippen LogP contribution in [0.25, 0.3) is 0 Å². The molecule has 0 spiro atoms. The Hall–Kier alpha value is -2.11. The van der Waals surface area contributed by atoms with Crippen LogP contribution >= 0.6 is 11.6 Å². The van der Waals surface area contributed by atoms with Gasteiger partial charge < -0.3 is 20.6 Å². The number of aliphatic hydroxyl groups is 3. The van der Waals surface area contributed by atoms with Gasteiger partial charge in [0.2, 0.25) is 0 Å². The number of hydrogen-bond donors (Lipinski definition) is 4. The van der Waals surface area contributed by atoms with E-state index in [-0.39, 0.29) is 40.4 Å². The number of fused-ring (bicyclic) bond motifs is 2. The molecule has 2 saturated carbocycles. The average molecular weight is 502 g/mol.